The quantitative estimate of drug-likeness (QED) is 0.790. The molecule has 1 atom stereocenters. The highest BCUT2D eigenvalue weighted by molar-refractivity contribution is 8.01. The Balaban J connectivity index is 1.86. The van der Waals surface area contributed by atoms with E-state index in [1.54, 1.807) is 24.3 Å². The van der Waals surface area contributed by atoms with Crippen LogP contribution in [0.3, 0.4) is 0 Å². The van der Waals surface area contributed by atoms with Crippen molar-refractivity contribution in [1.82, 2.24) is 4.90 Å². The Labute approximate surface area is 124 Å². The van der Waals surface area contributed by atoms with Gasteiger partial charge in [0.2, 0.25) is 11.8 Å². The van der Waals surface area contributed by atoms with Gasteiger partial charge in [-0.2, -0.15) is 4.90 Å². The topological polar surface area (TPSA) is 110 Å². The molecule has 7 nitrogen and oxygen atoms in total. The summed E-state index contributed by atoms with van der Waals surface area (Å²) in [5, 5.41) is 1.92. The van der Waals surface area contributed by atoms with Gasteiger partial charge >= 0.3 is 6.03 Å². The van der Waals surface area contributed by atoms with Crippen molar-refractivity contribution < 1.29 is 19.2 Å². The second-order valence-electron chi connectivity index (χ2n) is 4.32. The monoisotopic (exact) mass is 307 g/mol. The van der Waals surface area contributed by atoms with Crippen molar-refractivity contribution in [2.24, 2.45) is 5.73 Å². The molecule has 1 aliphatic heterocycles. The fourth-order valence-electron chi connectivity index (χ4n) is 1.86. The molecule has 0 aromatic heterocycles. The van der Waals surface area contributed by atoms with Gasteiger partial charge in [0.05, 0.1) is 11.0 Å². The number of likely N-dealkylation sites (tertiary alicyclic amines) is 1. The Bertz CT molecular complexity index is 590. The van der Waals surface area contributed by atoms with Gasteiger partial charge in [-0.25, -0.2) is 4.79 Å². The van der Waals surface area contributed by atoms with Gasteiger partial charge in [0.25, 0.3) is 5.91 Å². The number of thioether (sulfide) groups is 1. The van der Waals surface area contributed by atoms with Crippen LogP contribution in [0.4, 0.5) is 10.5 Å². The average Bonchev–Trinajstić information content (AvgIpc) is 2.72. The first-order valence-corrected chi connectivity index (χ1v) is 7.16. The lowest BCUT2D eigenvalue weighted by Crippen LogP contribution is -2.41. The number of primary amides is 1. The third-order valence-corrected chi connectivity index (χ3v) is 4.00. The summed E-state index contributed by atoms with van der Waals surface area (Å²) in [6, 6.07) is 7.79. The zero-order valence-corrected chi connectivity index (χ0v) is 11.8. The molecule has 0 bridgehead atoms. The molecule has 1 unspecified atom stereocenters. The maximum atomic E-state index is 11.8. The first kappa shape index (κ1) is 15.0. The lowest BCUT2D eigenvalue weighted by molar-refractivity contribution is -0.134. The Kier molecular flexibility index (Phi) is 4.59. The number of nitrogens with one attached hydrogen (secondary N) is 1. The number of nitrogens with two attached hydrogens (primary N) is 1. The Morgan fingerprint density at radius 2 is 1.95 bits per heavy atom. The standard InChI is InChI=1S/C13H13N3O4S/c14-13(20)16-11(18)6-9(12(16)19)21-7-10(17)15-8-4-2-1-3-5-8/h1-5,9H,6-7H2,(H2,14,20)(H,15,17). The minimum absolute atomic E-state index is 0.00514. The van der Waals surface area contributed by atoms with Crippen LogP contribution < -0.4 is 11.1 Å². The van der Waals surface area contributed by atoms with E-state index in [1.165, 1.54) is 0 Å². The van der Waals surface area contributed by atoms with Crippen molar-refractivity contribution in [3.8, 4) is 0 Å². The van der Waals surface area contributed by atoms with E-state index >= 15 is 0 Å². The summed E-state index contributed by atoms with van der Waals surface area (Å²) in [5.41, 5.74) is 5.60. The van der Waals surface area contributed by atoms with Crippen molar-refractivity contribution in [3.63, 3.8) is 0 Å². The van der Waals surface area contributed by atoms with Crippen molar-refractivity contribution >= 4 is 41.2 Å². The zero-order chi connectivity index (χ0) is 15.4. The van der Waals surface area contributed by atoms with Crippen LogP contribution in [0, 0.1) is 0 Å². The van der Waals surface area contributed by atoms with Gasteiger partial charge in [-0.15, -0.1) is 11.8 Å². The molecule has 1 fully saturated rings. The van der Waals surface area contributed by atoms with E-state index in [2.05, 4.69) is 5.32 Å². The van der Waals surface area contributed by atoms with Crippen molar-refractivity contribution in [2.75, 3.05) is 11.1 Å². The third-order valence-electron chi connectivity index (χ3n) is 2.80. The summed E-state index contributed by atoms with van der Waals surface area (Å²) < 4.78 is 0. The largest absolute Gasteiger partial charge is 0.351 e. The van der Waals surface area contributed by atoms with Crippen LogP contribution in [0.15, 0.2) is 30.3 Å². The molecule has 8 heteroatoms. The van der Waals surface area contributed by atoms with E-state index in [0.29, 0.717) is 10.6 Å². The molecule has 3 N–H and O–H groups in total. The van der Waals surface area contributed by atoms with Crippen molar-refractivity contribution in [2.45, 2.75) is 11.7 Å². The molecule has 21 heavy (non-hydrogen) atoms. The number of hydrogen-bond acceptors (Lipinski definition) is 5. The number of benzene rings is 1. The SMILES string of the molecule is NC(=O)N1C(=O)CC(SCC(=O)Nc2ccccc2)C1=O. The van der Waals surface area contributed by atoms with Crippen molar-refractivity contribution in [3.05, 3.63) is 30.3 Å². The molecule has 0 spiro atoms. The Morgan fingerprint density at radius 3 is 2.52 bits per heavy atom. The predicted octanol–water partition coefficient (Wildman–Crippen LogP) is 0.564. The van der Waals surface area contributed by atoms with Gasteiger partial charge in [0.15, 0.2) is 0 Å². The molecule has 0 saturated carbocycles. The Hall–Kier alpha value is -2.35. The fourth-order valence-corrected chi connectivity index (χ4v) is 2.79. The van der Waals surface area contributed by atoms with Gasteiger partial charge in [-0.1, -0.05) is 18.2 Å². The number of hydrogen-bond donors (Lipinski definition) is 2. The summed E-state index contributed by atoms with van der Waals surface area (Å²) in [4.78, 5) is 46.4. The van der Waals surface area contributed by atoms with Crippen LogP contribution in [0.25, 0.3) is 0 Å². The fraction of sp³-hybridized carbons (Fsp3) is 0.231. The number of urea groups is 1. The summed E-state index contributed by atoms with van der Waals surface area (Å²) in [7, 11) is 0. The summed E-state index contributed by atoms with van der Waals surface area (Å²) in [6.45, 7) is 0. The average molecular weight is 307 g/mol. The second kappa shape index (κ2) is 6.40. The molecule has 0 radical (unpaired) electrons. The molecule has 1 heterocycles. The van der Waals surface area contributed by atoms with Gasteiger partial charge in [-0.3, -0.25) is 14.4 Å². The Morgan fingerprint density at radius 1 is 1.29 bits per heavy atom. The highest BCUT2D eigenvalue weighted by Crippen LogP contribution is 2.25. The molecule has 0 aliphatic carbocycles. The van der Waals surface area contributed by atoms with E-state index in [1.807, 2.05) is 6.07 Å². The molecule has 1 saturated heterocycles. The predicted molar refractivity (Wildman–Crippen MR) is 77.4 cm³/mol. The number of nitrogens with zero attached hydrogens (tertiary/aromatic N) is 1. The summed E-state index contributed by atoms with van der Waals surface area (Å²) in [6.07, 6.45) is -0.120. The van der Waals surface area contributed by atoms with E-state index in [4.69, 9.17) is 5.73 Å². The molecule has 5 amide bonds. The number of rotatable bonds is 4. The summed E-state index contributed by atoms with van der Waals surface area (Å²) >= 11 is 1.01. The maximum absolute atomic E-state index is 11.8. The van der Waals surface area contributed by atoms with Crippen LogP contribution in [0.2, 0.25) is 0 Å². The number of amides is 5. The van der Waals surface area contributed by atoms with Crippen LogP contribution >= 0.6 is 11.8 Å². The smallest absolute Gasteiger partial charge is 0.328 e. The maximum Gasteiger partial charge on any atom is 0.328 e. The molecule has 110 valence electrons. The number of para-hydroxylation sites is 1. The molecule has 1 aromatic carbocycles. The highest BCUT2D eigenvalue weighted by Gasteiger charge is 2.42. The zero-order valence-electron chi connectivity index (χ0n) is 10.9. The van der Waals surface area contributed by atoms with Crippen LogP contribution in [0.1, 0.15) is 6.42 Å². The normalized spacial score (nSPS) is 17.9. The van der Waals surface area contributed by atoms with Crippen LogP contribution in [-0.2, 0) is 14.4 Å². The van der Waals surface area contributed by atoms with Gasteiger partial charge in [0.1, 0.15) is 0 Å². The number of carbonyl (C=O) groups is 4. The van der Waals surface area contributed by atoms with Gasteiger partial charge < -0.3 is 11.1 Å². The number of imide groups is 3. The first-order chi connectivity index (χ1) is 9.99. The molecule has 2 rings (SSSR count). The van der Waals surface area contributed by atoms with E-state index in [0.717, 1.165) is 11.8 Å². The summed E-state index contributed by atoms with van der Waals surface area (Å²) in [5.74, 6) is -1.58. The van der Waals surface area contributed by atoms with Crippen LogP contribution in [0.5, 0.6) is 0 Å². The number of carbonyl (C=O) groups excluding carboxylic acids is 4. The van der Waals surface area contributed by atoms with Gasteiger partial charge in [-0.05, 0) is 12.1 Å². The minimum Gasteiger partial charge on any atom is -0.351 e. The van der Waals surface area contributed by atoms with Gasteiger partial charge in [0, 0.05) is 12.1 Å². The van der Waals surface area contributed by atoms with E-state index in [-0.39, 0.29) is 18.1 Å². The molecular weight excluding hydrogens is 294 g/mol. The first-order valence-electron chi connectivity index (χ1n) is 6.12. The minimum atomic E-state index is -1.08. The number of anilines is 1. The van der Waals surface area contributed by atoms with Crippen LogP contribution in [-0.4, -0.2) is 39.7 Å². The van der Waals surface area contributed by atoms with E-state index < -0.39 is 23.1 Å². The lowest BCUT2D eigenvalue weighted by atomic mass is 10.3. The van der Waals surface area contributed by atoms with E-state index in [9.17, 15) is 19.2 Å². The molecular formula is C13H13N3O4S. The lowest BCUT2D eigenvalue weighted by Gasteiger charge is -2.10. The van der Waals surface area contributed by atoms with Crippen molar-refractivity contribution in [1.29, 1.82) is 0 Å². The molecule has 1 aromatic rings. The second-order valence-corrected chi connectivity index (χ2v) is 5.51. The molecule has 1 aliphatic rings. The highest BCUT2D eigenvalue weighted by atomic mass is 32.2. The third kappa shape index (κ3) is 3.60.